The molecule has 0 bridgehead atoms. The minimum Gasteiger partial charge on any atom is -0.361 e. The van der Waals surface area contributed by atoms with Gasteiger partial charge in [0.2, 0.25) is 0 Å². The fourth-order valence-corrected chi connectivity index (χ4v) is 3.55. The van der Waals surface area contributed by atoms with E-state index in [-0.39, 0.29) is 0 Å². The third-order valence-corrected chi connectivity index (χ3v) is 4.91. The fourth-order valence-electron chi connectivity index (χ4n) is 3.55. The van der Waals surface area contributed by atoms with Crippen LogP contribution in [0.25, 0.3) is 5.57 Å². The molecular weight excluding hydrogens is 340 g/mol. The van der Waals surface area contributed by atoms with Gasteiger partial charge in [-0.3, -0.25) is 4.99 Å². The van der Waals surface area contributed by atoms with Crippen LogP contribution in [0.15, 0.2) is 113 Å². The van der Waals surface area contributed by atoms with Crippen molar-refractivity contribution in [1.82, 2.24) is 0 Å². The molecule has 3 aromatic rings. The van der Waals surface area contributed by atoms with E-state index in [0.717, 1.165) is 30.6 Å². The molecule has 0 aromatic heterocycles. The zero-order chi connectivity index (χ0) is 19.0. The van der Waals surface area contributed by atoms with E-state index in [1.165, 1.54) is 22.3 Å². The molecule has 0 spiro atoms. The highest BCUT2D eigenvalue weighted by molar-refractivity contribution is 5.98. The number of rotatable bonds is 5. The predicted octanol–water partition coefficient (Wildman–Crippen LogP) is 7.02. The van der Waals surface area contributed by atoms with E-state index in [1.54, 1.807) is 0 Å². The van der Waals surface area contributed by atoms with Crippen molar-refractivity contribution in [2.75, 3.05) is 5.32 Å². The van der Waals surface area contributed by atoms with Crippen LogP contribution in [0.2, 0.25) is 0 Å². The van der Waals surface area contributed by atoms with Gasteiger partial charge in [-0.25, -0.2) is 0 Å². The molecule has 2 heteroatoms. The first-order chi connectivity index (χ1) is 13.9. The molecular formula is C26H24N2. The molecule has 0 saturated heterocycles. The average Bonchev–Trinajstić information content (AvgIpc) is 2.78. The summed E-state index contributed by atoms with van der Waals surface area (Å²) in [6, 6.07) is 31.1. The van der Waals surface area contributed by atoms with Crippen molar-refractivity contribution < 1.29 is 0 Å². The molecule has 0 radical (unpaired) electrons. The van der Waals surface area contributed by atoms with Gasteiger partial charge in [-0.1, -0.05) is 66.7 Å². The number of hydrogen-bond donors (Lipinski definition) is 1. The van der Waals surface area contributed by atoms with Crippen molar-refractivity contribution in [3.63, 3.8) is 0 Å². The Labute approximate surface area is 167 Å². The lowest BCUT2D eigenvalue weighted by Crippen LogP contribution is -2.06. The number of allylic oxidation sites excluding steroid dienone is 3. The third-order valence-electron chi connectivity index (χ3n) is 4.91. The average molecular weight is 364 g/mol. The molecule has 0 amide bonds. The number of anilines is 1. The second-order valence-corrected chi connectivity index (χ2v) is 6.89. The number of benzene rings is 3. The molecule has 1 N–H and O–H groups in total. The Hall–Kier alpha value is -3.39. The van der Waals surface area contributed by atoms with Crippen LogP contribution >= 0.6 is 0 Å². The molecule has 0 unspecified atom stereocenters. The smallest absolute Gasteiger partial charge is 0.0629 e. The quantitative estimate of drug-likeness (QED) is 0.483. The summed E-state index contributed by atoms with van der Waals surface area (Å²) in [5.74, 6) is 0. The lowest BCUT2D eigenvalue weighted by Gasteiger charge is -2.22. The Morgan fingerprint density at radius 1 is 0.714 bits per heavy atom. The Morgan fingerprint density at radius 3 is 2.07 bits per heavy atom. The van der Waals surface area contributed by atoms with Crippen LogP contribution in [0.4, 0.5) is 11.4 Å². The molecule has 1 aliphatic rings. The number of para-hydroxylation sites is 2. The van der Waals surface area contributed by atoms with Crippen LogP contribution in [0.1, 0.15) is 24.8 Å². The Bertz CT molecular complexity index is 984. The summed E-state index contributed by atoms with van der Waals surface area (Å²) in [4.78, 5) is 4.73. The summed E-state index contributed by atoms with van der Waals surface area (Å²) in [6.45, 7) is 0. The normalized spacial score (nSPS) is 15.9. The van der Waals surface area contributed by atoms with Crippen LogP contribution in [-0.2, 0) is 0 Å². The van der Waals surface area contributed by atoms with Gasteiger partial charge in [0.05, 0.1) is 5.69 Å². The van der Waals surface area contributed by atoms with Gasteiger partial charge in [0.1, 0.15) is 0 Å². The molecule has 138 valence electrons. The highest BCUT2D eigenvalue weighted by Gasteiger charge is 2.18. The summed E-state index contributed by atoms with van der Waals surface area (Å²) in [6.07, 6.45) is 7.45. The second-order valence-electron chi connectivity index (χ2n) is 6.89. The number of hydrogen-bond acceptors (Lipinski definition) is 2. The van der Waals surface area contributed by atoms with Crippen LogP contribution in [-0.4, -0.2) is 6.21 Å². The highest BCUT2D eigenvalue weighted by atomic mass is 14.8. The van der Waals surface area contributed by atoms with E-state index in [2.05, 4.69) is 54.0 Å². The van der Waals surface area contributed by atoms with Crippen molar-refractivity contribution in [3.05, 3.63) is 114 Å². The monoisotopic (exact) mass is 364 g/mol. The predicted molar refractivity (Wildman–Crippen MR) is 120 cm³/mol. The van der Waals surface area contributed by atoms with Crippen LogP contribution in [0.5, 0.6) is 0 Å². The van der Waals surface area contributed by atoms with E-state index in [1.807, 2.05) is 54.7 Å². The SMILES string of the molecule is C(=Nc1ccccc1)C1=C(c2ccccc2)C(=CNc2ccccc2)CCC1. The van der Waals surface area contributed by atoms with E-state index < -0.39 is 0 Å². The minimum atomic E-state index is 0.987. The molecule has 2 nitrogen and oxygen atoms in total. The minimum absolute atomic E-state index is 0.987. The molecule has 1 aliphatic carbocycles. The zero-order valence-electron chi connectivity index (χ0n) is 15.9. The first-order valence-corrected chi connectivity index (χ1v) is 9.79. The molecule has 4 rings (SSSR count). The van der Waals surface area contributed by atoms with E-state index in [0.29, 0.717) is 0 Å². The Kier molecular flexibility index (Phi) is 5.79. The molecule has 0 atom stereocenters. The van der Waals surface area contributed by atoms with Crippen molar-refractivity contribution in [3.8, 4) is 0 Å². The number of nitrogens with one attached hydrogen (secondary N) is 1. The van der Waals surface area contributed by atoms with Gasteiger partial charge in [-0.2, -0.15) is 0 Å². The number of aliphatic imine (C=N–C) groups is 1. The zero-order valence-corrected chi connectivity index (χ0v) is 15.9. The maximum atomic E-state index is 4.73. The third kappa shape index (κ3) is 4.47. The first-order valence-electron chi connectivity index (χ1n) is 9.79. The van der Waals surface area contributed by atoms with Gasteiger partial charge in [0, 0.05) is 18.1 Å². The maximum absolute atomic E-state index is 4.73. The summed E-state index contributed by atoms with van der Waals surface area (Å²) in [5.41, 5.74) is 7.26. The second kappa shape index (κ2) is 9.01. The van der Waals surface area contributed by atoms with Gasteiger partial charge in [0.25, 0.3) is 0 Å². The van der Waals surface area contributed by atoms with Crippen molar-refractivity contribution in [2.24, 2.45) is 4.99 Å². The van der Waals surface area contributed by atoms with Crippen LogP contribution in [0, 0.1) is 0 Å². The highest BCUT2D eigenvalue weighted by Crippen LogP contribution is 2.36. The number of nitrogens with zero attached hydrogens (tertiary/aromatic N) is 1. The molecule has 0 saturated carbocycles. The molecule has 0 fully saturated rings. The van der Waals surface area contributed by atoms with Gasteiger partial charge in [0.15, 0.2) is 0 Å². The molecule has 0 aliphatic heterocycles. The largest absolute Gasteiger partial charge is 0.361 e. The molecule has 28 heavy (non-hydrogen) atoms. The fraction of sp³-hybridized carbons (Fsp3) is 0.115. The van der Waals surface area contributed by atoms with Gasteiger partial charge in [-0.05, 0) is 65.8 Å². The maximum Gasteiger partial charge on any atom is 0.0629 e. The summed E-state index contributed by atoms with van der Waals surface area (Å²) < 4.78 is 0. The Balaban J connectivity index is 1.72. The van der Waals surface area contributed by atoms with E-state index in [4.69, 9.17) is 4.99 Å². The molecule has 3 aromatic carbocycles. The Morgan fingerprint density at radius 2 is 1.36 bits per heavy atom. The molecule has 0 heterocycles. The van der Waals surface area contributed by atoms with Crippen molar-refractivity contribution in [2.45, 2.75) is 19.3 Å². The summed E-state index contributed by atoms with van der Waals surface area (Å²) in [7, 11) is 0. The lowest BCUT2D eigenvalue weighted by molar-refractivity contribution is 0.813. The topological polar surface area (TPSA) is 24.4 Å². The van der Waals surface area contributed by atoms with E-state index >= 15 is 0 Å². The van der Waals surface area contributed by atoms with Crippen LogP contribution < -0.4 is 5.32 Å². The van der Waals surface area contributed by atoms with Crippen LogP contribution in [0.3, 0.4) is 0 Å². The van der Waals surface area contributed by atoms with Crippen molar-refractivity contribution >= 4 is 23.2 Å². The van der Waals surface area contributed by atoms with Gasteiger partial charge in [-0.15, -0.1) is 0 Å². The first kappa shape index (κ1) is 18.0. The standard InChI is InChI=1S/C26H24N2/c1-4-11-21(12-5-1)26-22(19-27-24-15-6-2-7-16-24)13-10-14-23(26)20-28-25-17-8-3-9-18-25/h1-9,11-12,15-20,27H,10,13-14H2. The van der Waals surface area contributed by atoms with Crippen molar-refractivity contribution in [1.29, 1.82) is 0 Å². The summed E-state index contributed by atoms with van der Waals surface area (Å²) >= 11 is 0. The van der Waals surface area contributed by atoms with E-state index in [9.17, 15) is 0 Å². The van der Waals surface area contributed by atoms with Gasteiger partial charge >= 0.3 is 0 Å². The van der Waals surface area contributed by atoms with Gasteiger partial charge < -0.3 is 5.32 Å². The lowest BCUT2D eigenvalue weighted by atomic mass is 9.84. The summed E-state index contributed by atoms with van der Waals surface area (Å²) in [5, 5.41) is 3.47.